The average Bonchev–Trinajstić information content (AvgIpc) is 3.97. The summed E-state index contributed by atoms with van der Waals surface area (Å²) in [7, 11) is 5.49. The fourth-order valence-electron chi connectivity index (χ4n) is 10.2. The van der Waals surface area contributed by atoms with Gasteiger partial charge >= 0.3 is 5.97 Å². The van der Waals surface area contributed by atoms with Gasteiger partial charge in [-0.05, 0) is 98.4 Å². The third-order valence-electron chi connectivity index (χ3n) is 13.7. The largest absolute Gasteiger partial charge is 0.496 e. The molecule has 3 saturated carbocycles. The summed E-state index contributed by atoms with van der Waals surface area (Å²) in [6.07, 6.45) is 8.05. The molecule has 1 aromatic heterocycles. The number of ether oxygens (including phenoxy) is 2. The standard InChI is InChI=1S/C47H51Cl2N5O5/c1-53(24-27-10-12-28(13-11-27)46(56)57)25-32-18-38(48)31(20-41(32)59-3)26-54-39-9-5-7-34(36(39)23-51-54)35-8-4-6-33(44(35)49)29-14-15-30(40(19-29)58-2)22-50-45-37-21-47(37,45)42-16-17-43(55)52-42/h4-9,14-15,18-20,23,27-28,37,42,45,50H,10-13,16-17,21-22,24-26H2,1-3H3,(H,52,55)(H,56,57)/t27?,28?,37?,42-,45?,47+/m0/s1. The molecule has 12 heteroatoms. The van der Waals surface area contributed by atoms with Gasteiger partial charge in [0.1, 0.15) is 11.5 Å². The Kier molecular flexibility index (Phi) is 10.9. The first kappa shape index (κ1) is 39.8. The molecule has 5 aromatic rings. The predicted octanol–water partition coefficient (Wildman–Crippen LogP) is 8.82. The number of aliphatic carboxylic acids is 1. The van der Waals surface area contributed by atoms with Crippen LogP contribution in [0.15, 0.2) is 72.9 Å². The Morgan fingerprint density at radius 1 is 0.949 bits per heavy atom. The van der Waals surface area contributed by atoms with Crippen LogP contribution in [0.4, 0.5) is 0 Å². The highest BCUT2D eigenvalue weighted by Gasteiger charge is 2.81. The molecule has 4 aliphatic rings. The van der Waals surface area contributed by atoms with Crippen LogP contribution in [0.5, 0.6) is 11.5 Å². The SMILES string of the molecule is COc1cc(-c2cccc(-c3cccc4c3cnn4Cc3cc(OC)c(CN(C)CC4CCC(C(=O)O)CC4)cc3Cl)c2Cl)ccc1CNC1C2C[C@]21[C@@H]1CCC(=O)N1. The van der Waals surface area contributed by atoms with Crippen LogP contribution >= 0.6 is 23.2 Å². The molecule has 59 heavy (non-hydrogen) atoms. The van der Waals surface area contributed by atoms with Gasteiger partial charge in [0.15, 0.2) is 0 Å². The summed E-state index contributed by atoms with van der Waals surface area (Å²) in [4.78, 5) is 25.5. The molecule has 10 nitrogen and oxygen atoms in total. The summed E-state index contributed by atoms with van der Waals surface area (Å²) in [5, 5.41) is 23.4. The van der Waals surface area contributed by atoms with Crippen molar-refractivity contribution in [2.75, 3.05) is 27.8 Å². The lowest BCUT2D eigenvalue weighted by Crippen LogP contribution is -2.37. The highest BCUT2D eigenvalue weighted by atomic mass is 35.5. The van der Waals surface area contributed by atoms with Gasteiger partial charge in [0.2, 0.25) is 5.91 Å². The highest BCUT2D eigenvalue weighted by Crippen LogP contribution is 2.77. The van der Waals surface area contributed by atoms with E-state index in [1.54, 1.807) is 14.2 Å². The normalized spacial score (nSPS) is 24.6. The molecule has 1 amide bonds. The number of carboxylic acids is 1. The van der Waals surface area contributed by atoms with E-state index in [0.29, 0.717) is 60.0 Å². The Hall–Kier alpha value is -4.61. The van der Waals surface area contributed by atoms with Crippen molar-refractivity contribution in [2.24, 2.45) is 23.2 Å². The van der Waals surface area contributed by atoms with Crippen molar-refractivity contribution in [1.82, 2.24) is 25.3 Å². The monoisotopic (exact) mass is 835 g/mol. The van der Waals surface area contributed by atoms with Gasteiger partial charge in [-0.15, -0.1) is 0 Å². The number of carbonyl (C=O) groups excluding carboxylic acids is 1. The molecule has 2 unspecified atom stereocenters. The molecule has 308 valence electrons. The summed E-state index contributed by atoms with van der Waals surface area (Å²) in [5.74, 6) is 2.03. The molecule has 4 fully saturated rings. The number of aromatic nitrogens is 2. The van der Waals surface area contributed by atoms with Crippen molar-refractivity contribution in [2.45, 2.75) is 76.7 Å². The number of nitrogens with zero attached hydrogens (tertiary/aromatic N) is 3. The fraction of sp³-hybridized carbons (Fsp3) is 0.426. The molecule has 1 aliphatic heterocycles. The summed E-state index contributed by atoms with van der Waals surface area (Å²) in [6.45, 7) is 2.73. The highest BCUT2D eigenvalue weighted by molar-refractivity contribution is 6.36. The van der Waals surface area contributed by atoms with Gasteiger partial charge in [-0.25, -0.2) is 0 Å². The summed E-state index contributed by atoms with van der Waals surface area (Å²) < 4.78 is 13.7. The molecule has 4 atom stereocenters. The molecular formula is C47H51Cl2N5O5. The molecule has 3 N–H and O–H groups in total. The summed E-state index contributed by atoms with van der Waals surface area (Å²) in [6, 6.07) is 23.4. The number of amides is 1. The second-order valence-corrected chi connectivity index (χ2v) is 18.0. The molecule has 2 heterocycles. The minimum atomic E-state index is -0.671. The zero-order valence-electron chi connectivity index (χ0n) is 33.8. The number of rotatable bonds is 15. The molecule has 3 aliphatic carbocycles. The molecular weight excluding hydrogens is 785 g/mol. The fourth-order valence-corrected chi connectivity index (χ4v) is 10.8. The summed E-state index contributed by atoms with van der Waals surface area (Å²) in [5.41, 5.74) is 8.01. The van der Waals surface area contributed by atoms with Crippen molar-refractivity contribution in [1.29, 1.82) is 0 Å². The van der Waals surface area contributed by atoms with E-state index in [0.717, 1.165) is 100.0 Å². The molecule has 0 spiro atoms. The number of hydrogen-bond donors (Lipinski definition) is 3. The second-order valence-electron chi connectivity index (χ2n) is 17.2. The zero-order valence-corrected chi connectivity index (χ0v) is 35.3. The first-order valence-corrected chi connectivity index (χ1v) is 21.5. The molecule has 0 radical (unpaired) electrons. The lowest BCUT2D eigenvalue weighted by atomic mass is 9.82. The van der Waals surface area contributed by atoms with E-state index < -0.39 is 5.97 Å². The van der Waals surface area contributed by atoms with E-state index in [1.165, 1.54) is 6.42 Å². The van der Waals surface area contributed by atoms with Gasteiger partial charge in [0, 0.05) is 76.2 Å². The number of hydrogen-bond acceptors (Lipinski definition) is 7. The van der Waals surface area contributed by atoms with Gasteiger partial charge in [-0.1, -0.05) is 65.7 Å². The van der Waals surface area contributed by atoms with Crippen molar-refractivity contribution in [3.05, 3.63) is 99.7 Å². The number of carboxylic acid groups (broad SMARTS) is 1. The maximum atomic E-state index is 11.8. The van der Waals surface area contributed by atoms with E-state index >= 15 is 0 Å². The van der Waals surface area contributed by atoms with E-state index in [4.69, 9.17) is 37.8 Å². The number of benzene rings is 4. The molecule has 1 saturated heterocycles. The van der Waals surface area contributed by atoms with Gasteiger partial charge in [-0.2, -0.15) is 5.10 Å². The van der Waals surface area contributed by atoms with Crippen LogP contribution in [0.1, 0.15) is 61.6 Å². The van der Waals surface area contributed by atoms with Crippen LogP contribution in [0, 0.1) is 23.2 Å². The Morgan fingerprint density at radius 2 is 1.69 bits per heavy atom. The van der Waals surface area contributed by atoms with Crippen LogP contribution < -0.4 is 20.1 Å². The van der Waals surface area contributed by atoms with Crippen LogP contribution in [0.2, 0.25) is 10.0 Å². The number of methoxy groups -OCH3 is 2. The first-order valence-electron chi connectivity index (χ1n) is 20.8. The Morgan fingerprint density at radius 3 is 2.42 bits per heavy atom. The molecule has 4 aromatic carbocycles. The lowest BCUT2D eigenvalue weighted by molar-refractivity contribution is -0.143. The van der Waals surface area contributed by atoms with Crippen LogP contribution in [-0.4, -0.2) is 71.6 Å². The van der Waals surface area contributed by atoms with E-state index in [1.807, 2.05) is 41.2 Å². The smallest absolute Gasteiger partial charge is 0.306 e. The predicted molar refractivity (Wildman–Crippen MR) is 231 cm³/mol. The minimum absolute atomic E-state index is 0.184. The Balaban J connectivity index is 0.895. The number of nitrogens with one attached hydrogen (secondary N) is 2. The van der Waals surface area contributed by atoms with E-state index in [9.17, 15) is 14.7 Å². The maximum Gasteiger partial charge on any atom is 0.306 e. The quantitative estimate of drug-likeness (QED) is 0.0959. The lowest BCUT2D eigenvalue weighted by Gasteiger charge is -2.30. The maximum absolute atomic E-state index is 11.8. The first-order chi connectivity index (χ1) is 28.6. The number of fused-ring (bicyclic) bond motifs is 2. The van der Waals surface area contributed by atoms with Crippen molar-refractivity contribution in [3.63, 3.8) is 0 Å². The third-order valence-corrected chi connectivity index (χ3v) is 14.4. The van der Waals surface area contributed by atoms with Crippen LogP contribution in [-0.2, 0) is 29.2 Å². The zero-order chi connectivity index (χ0) is 41.0. The number of halogens is 2. The second kappa shape index (κ2) is 16.1. The van der Waals surface area contributed by atoms with Gasteiger partial charge in [-0.3, -0.25) is 14.3 Å². The topological polar surface area (TPSA) is 118 Å². The average molecular weight is 837 g/mol. The minimum Gasteiger partial charge on any atom is -0.496 e. The van der Waals surface area contributed by atoms with E-state index in [2.05, 4.69) is 59.0 Å². The van der Waals surface area contributed by atoms with E-state index in [-0.39, 0.29) is 17.2 Å². The van der Waals surface area contributed by atoms with Crippen LogP contribution in [0.25, 0.3) is 33.2 Å². The molecule has 0 bridgehead atoms. The van der Waals surface area contributed by atoms with Gasteiger partial charge < -0.3 is 30.1 Å². The molecule has 9 rings (SSSR count). The number of carbonyl (C=O) groups is 2. The summed E-state index contributed by atoms with van der Waals surface area (Å²) >= 11 is 14.2. The van der Waals surface area contributed by atoms with Crippen molar-refractivity contribution < 1.29 is 24.2 Å². The third kappa shape index (κ3) is 7.58. The Bertz CT molecular complexity index is 2430. The Labute approximate surface area is 355 Å². The van der Waals surface area contributed by atoms with Crippen molar-refractivity contribution >= 4 is 46.0 Å². The van der Waals surface area contributed by atoms with Gasteiger partial charge in [0.05, 0.1) is 43.4 Å². The van der Waals surface area contributed by atoms with Crippen molar-refractivity contribution in [3.8, 4) is 33.8 Å². The van der Waals surface area contributed by atoms with Crippen LogP contribution in [0.3, 0.4) is 0 Å². The van der Waals surface area contributed by atoms with Gasteiger partial charge in [0.25, 0.3) is 0 Å².